The summed E-state index contributed by atoms with van der Waals surface area (Å²) >= 11 is 0. The Hall–Kier alpha value is -0.820. The first-order chi connectivity index (χ1) is 7.40. The zero-order chi connectivity index (χ0) is 10.3. The summed E-state index contributed by atoms with van der Waals surface area (Å²) in [5.74, 6) is 2.65. The summed E-state index contributed by atoms with van der Waals surface area (Å²) in [6.07, 6.45) is 4.23. The Bertz CT molecular complexity index is 354. The molecular formula is C14H19N. The second kappa shape index (κ2) is 3.64. The molecule has 2 unspecified atom stereocenters. The number of hydrogen-bond donors (Lipinski definition) is 1. The van der Waals surface area contributed by atoms with Gasteiger partial charge in [0.25, 0.3) is 0 Å². The highest BCUT2D eigenvalue weighted by atomic mass is 14.8. The van der Waals surface area contributed by atoms with Crippen LogP contribution in [0.4, 0.5) is 0 Å². The Morgan fingerprint density at radius 2 is 1.93 bits per heavy atom. The van der Waals surface area contributed by atoms with Gasteiger partial charge < -0.3 is 5.32 Å². The third-order valence-corrected chi connectivity index (χ3v) is 3.80. The predicted octanol–water partition coefficient (Wildman–Crippen LogP) is 2.89. The van der Waals surface area contributed by atoms with Gasteiger partial charge in [-0.05, 0) is 61.7 Å². The standard InChI is InChI=1S/C14H19N/c1-15-9-11-8-14(11)13-5-3-2-4-12(13)10-6-7-10/h2-5,10-11,14-15H,6-9H2,1H3. The van der Waals surface area contributed by atoms with Gasteiger partial charge in [-0.1, -0.05) is 24.3 Å². The molecule has 0 amide bonds. The average Bonchev–Trinajstić information content (AvgIpc) is 3.14. The van der Waals surface area contributed by atoms with E-state index < -0.39 is 0 Å². The molecule has 2 aliphatic carbocycles. The summed E-state index contributed by atoms with van der Waals surface area (Å²) in [4.78, 5) is 0. The van der Waals surface area contributed by atoms with E-state index in [2.05, 4.69) is 36.6 Å². The largest absolute Gasteiger partial charge is 0.319 e. The molecule has 0 bridgehead atoms. The first-order valence-electron chi connectivity index (χ1n) is 6.13. The van der Waals surface area contributed by atoms with Gasteiger partial charge in [-0.25, -0.2) is 0 Å². The zero-order valence-electron chi connectivity index (χ0n) is 9.37. The molecule has 1 aromatic rings. The monoisotopic (exact) mass is 201 g/mol. The quantitative estimate of drug-likeness (QED) is 0.790. The lowest BCUT2D eigenvalue weighted by Crippen LogP contribution is -2.10. The van der Waals surface area contributed by atoms with Crippen LogP contribution in [0.1, 0.15) is 42.2 Å². The first kappa shape index (κ1) is 9.41. The topological polar surface area (TPSA) is 12.0 Å². The molecule has 0 spiro atoms. The van der Waals surface area contributed by atoms with Crippen LogP contribution in [-0.4, -0.2) is 13.6 Å². The minimum Gasteiger partial charge on any atom is -0.319 e. The molecule has 1 nitrogen and oxygen atoms in total. The predicted molar refractivity (Wildman–Crippen MR) is 63.2 cm³/mol. The maximum Gasteiger partial charge on any atom is -0.00174 e. The second-order valence-corrected chi connectivity index (χ2v) is 5.06. The molecule has 2 saturated carbocycles. The molecule has 0 aromatic heterocycles. The highest BCUT2D eigenvalue weighted by Gasteiger charge is 2.40. The Morgan fingerprint density at radius 1 is 1.20 bits per heavy atom. The summed E-state index contributed by atoms with van der Waals surface area (Å²) < 4.78 is 0. The molecule has 80 valence electrons. The van der Waals surface area contributed by atoms with Gasteiger partial charge >= 0.3 is 0 Å². The van der Waals surface area contributed by atoms with Gasteiger partial charge in [0.1, 0.15) is 0 Å². The molecule has 3 rings (SSSR count). The van der Waals surface area contributed by atoms with Crippen molar-refractivity contribution in [3.63, 3.8) is 0 Å². The van der Waals surface area contributed by atoms with Crippen LogP contribution in [0.5, 0.6) is 0 Å². The van der Waals surface area contributed by atoms with Crippen molar-refractivity contribution in [3.8, 4) is 0 Å². The maximum atomic E-state index is 3.29. The van der Waals surface area contributed by atoms with E-state index in [9.17, 15) is 0 Å². The maximum absolute atomic E-state index is 3.29. The van der Waals surface area contributed by atoms with Gasteiger partial charge in [0.2, 0.25) is 0 Å². The minimum atomic E-state index is 0.856. The Labute approximate surface area is 91.9 Å². The highest BCUT2D eigenvalue weighted by molar-refractivity contribution is 5.39. The van der Waals surface area contributed by atoms with Crippen molar-refractivity contribution in [2.45, 2.75) is 31.1 Å². The lowest BCUT2D eigenvalue weighted by Gasteiger charge is -2.07. The second-order valence-electron chi connectivity index (χ2n) is 5.06. The van der Waals surface area contributed by atoms with Crippen molar-refractivity contribution in [1.29, 1.82) is 0 Å². The first-order valence-corrected chi connectivity index (χ1v) is 6.13. The van der Waals surface area contributed by atoms with Crippen LogP contribution >= 0.6 is 0 Å². The number of hydrogen-bond acceptors (Lipinski definition) is 1. The lowest BCUT2D eigenvalue weighted by molar-refractivity contribution is 0.696. The number of nitrogens with one attached hydrogen (secondary N) is 1. The van der Waals surface area contributed by atoms with E-state index in [4.69, 9.17) is 0 Å². The third kappa shape index (κ3) is 1.81. The van der Waals surface area contributed by atoms with Crippen LogP contribution in [0, 0.1) is 5.92 Å². The van der Waals surface area contributed by atoms with Crippen LogP contribution in [0.25, 0.3) is 0 Å². The van der Waals surface area contributed by atoms with Crippen LogP contribution in [0.15, 0.2) is 24.3 Å². The van der Waals surface area contributed by atoms with E-state index in [1.807, 2.05) is 0 Å². The van der Waals surface area contributed by atoms with E-state index >= 15 is 0 Å². The van der Waals surface area contributed by atoms with Gasteiger partial charge in [0.15, 0.2) is 0 Å². The van der Waals surface area contributed by atoms with Gasteiger partial charge in [0, 0.05) is 0 Å². The fraction of sp³-hybridized carbons (Fsp3) is 0.571. The molecule has 1 aromatic carbocycles. The molecule has 0 saturated heterocycles. The van der Waals surface area contributed by atoms with Gasteiger partial charge in [-0.3, -0.25) is 0 Å². The molecule has 2 fully saturated rings. The average molecular weight is 201 g/mol. The smallest absolute Gasteiger partial charge is 0.00174 e. The van der Waals surface area contributed by atoms with Crippen LogP contribution in [-0.2, 0) is 0 Å². The van der Waals surface area contributed by atoms with Gasteiger partial charge in [-0.15, -0.1) is 0 Å². The molecule has 1 heteroatoms. The number of benzene rings is 1. The summed E-state index contributed by atoms with van der Waals surface area (Å²) in [6, 6.07) is 9.11. The molecule has 0 heterocycles. The molecule has 1 N–H and O–H groups in total. The van der Waals surface area contributed by atoms with Crippen molar-refractivity contribution in [3.05, 3.63) is 35.4 Å². The fourth-order valence-corrected chi connectivity index (χ4v) is 2.73. The number of rotatable bonds is 4. The molecule has 15 heavy (non-hydrogen) atoms. The highest BCUT2D eigenvalue weighted by Crippen LogP contribution is 2.52. The van der Waals surface area contributed by atoms with E-state index in [0.717, 1.165) is 17.8 Å². The zero-order valence-corrected chi connectivity index (χ0v) is 9.37. The van der Waals surface area contributed by atoms with Crippen molar-refractivity contribution in [1.82, 2.24) is 5.32 Å². The summed E-state index contributed by atoms with van der Waals surface area (Å²) in [6.45, 7) is 1.18. The van der Waals surface area contributed by atoms with Crippen molar-refractivity contribution in [2.24, 2.45) is 5.92 Å². The Morgan fingerprint density at radius 3 is 2.60 bits per heavy atom. The van der Waals surface area contributed by atoms with Crippen molar-refractivity contribution < 1.29 is 0 Å². The SMILES string of the molecule is CNCC1CC1c1ccccc1C1CC1. The lowest BCUT2D eigenvalue weighted by atomic mass is 9.98. The summed E-state index contributed by atoms with van der Waals surface area (Å²) in [5.41, 5.74) is 3.31. The van der Waals surface area contributed by atoms with Crippen LogP contribution in [0.3, 0.4) is 0 Å². The molecule has 2 atom stereocenters. The summed E-state index contributed by atoms with van der Waals surface area (Å²) in [7, 11) is 2.06. The minimum absolute atomic E-state index is 0.856. The van der Waals surface area contributed by atoms with Crippen LogP contribution in [0.2, 0.25) is 0 Å². The van der Waals surface area contributed by atoms with Crippen molar-refractivity contribution >= 4 is 0 Å². The van der Waals surface area contributed by atoms with Gasteiger partial charge in [0.05, 0.1) is 0 Å². The molecule has 0 radical (unpaired) electrons. The summed E-state index contributed by atoms with van der Waals surface area (Å²) in [5, 5.41) is 3.29. The van der Waals surface area contributed by atoms with E-state index in [-0.39, 0.29) is 0 Å². The fourth-order valence-electron chi connectivity index (χ4n) is 2.73. The van der Waals surface area contributed by atoms with E-state index in [0.29, 0.717) is 0 Å². The van der Waals surface area contributed by atoms with E-state index in [1.54, 1.807) is 11.1 Å². The molecule has 0 aliphatic heterocycles. The Balaban J connectivity index is 1.80. The van der Waals surface area contributed by atoms with E-state index in [1.165, 1.54) is 25.8 Å². The van der Waals surface area contributed by atoms with Crippen molar-refractivity contribution in [2.75, 3.05) is 13.6 Å². The Kier molecular flexibility index (Phi) is 2.28. The third-order valence-electron chi connectivity index (χ3n) is 3.80. The van der Waals surface area contributed by atoms with Crippen LogP contribution < -0.4 is 5.32 Å². The normalized spacial score (nSPS) is 29.1. The van der Waals surface area contributed by atoms with Gasteiger partial charge in [-0.2, -0.15) is 0 Å². The molecular weight excluding hydrogens is 182 g/mol. The molecule has 2 aliphatic rings.